The van der Waals surface area contributed by atoms with Gasteiger partial charge in [0, 0.05) is 19.3 Å². The standard InChI is InChI=1S/C12H15N5O/c1-18-8-7-13-12-16-11(9-14-17-12)15-10-5-3-2-4-6-10/h2-6,9H,7-8H2,1H3,(H2,13,15,16,17). The van der Waals surface area contributed by atoms with E-state index < -0.39 is 0 Å². The summed E-state index contributed by atoms with van der Waals surface area (Å²) in [7, 11) is 1.65. The van der Waals surface area contributed by atoms with Gasteiger partial charge in [0.2, 0.25) is 5.95 Å². The van der Waals surface area contributed by atoms with Gasteiger partial charge < -0.3 is 15.4 Å². The van der Waals surface area contributed by atoms with Crippen LogP contribution in [0.4, 0.5) is 17.5 Å². The monoisotopic (exact) mass is 245 g/mol. The summed E-state index contributed by atoms with van der Waals surface area (Å²) in [4.78, 5) is 4.29. The van der Waals surface area contributed by atoms with Crippen LogP contribution in [0.15, 0.2) is 36.5 Å². The van der Waals surface area contributed by atoms with E-state index in [-0.39, 0.29) is 0 Å². The molecule has 0 amide bonds. The van der Waals surface area contributed by atoms with Crippen LogP contribution >= 0.6 is 0 Å². The lowest BCUT2D eigenvalue weighted by Gasteiger charge is -2.07. The van der Waals surface area contributed by atoms with Crippen LogP contribution in [0.2, 0.25) is 0 Å². The predicted octanol–water partition coefficient (Wildman–Crippen LogP) is 1.67. The van der Waals surface area contributed by atoms with E-state index in [0.29, 0.717) is 24.9 Å². The van der Waals surface area contributed by atoms with Crippen LogP contribution in [0.25, 0.3) is 0 Å². The van der Waals surface area contributed by atoms with Crippen LogP contribution in [0.5, 0.6) is 0 Å². The molecule has 6 heteroatoms. The molecule has 6 nitrogen and oxygen atoms in total. The van der Waals surface area contributed by atoms with Gasteiger partial charge in [-0.2, -0.15) is 10.1 Å². The highest BCUT2D eigenvalue weighted by atomic mass is 16.5. The zero-order valence-electron chi connectivity index (χ0n) is 10.1. The Bertz CT molecular complexity index is 477. The van der Waals surface area contributed by atoms with Crippen LogP contribution in [-0.4, -0.2) is 35.4 Å². The van der Waals surface area contributed by atoms with E-state index >= 15 is 0 Å². The molecule has 2 N–H and O–H groups in total. The molecule has 94 valence electrons. The van der Waals surface area contributed by atoms with E-state index in [4.69, 9.17) is 4.74 Å². The van der Waals surface area contributed by atoms with Gasteiger partial charge in [0.25, 0.3) is 0 Å². The van der Waals surface area contributed by atoms with Gasteiger partial charge in [-0.05, 0) is 12.1 Å². The molecule has 1 aromatic carbocycles. The number of nitrogens with zero attached hydrogens (tertiary/aromatic N) is 3. The van der Waals surface area contributed by atoms with Crippen molar-refractivity contribution in [2.24, 2.45) is 0 Å². The Kier molecular flexibility index (Phi) is 4.43. The van der Waals surface area contributed by atoms with Crippen molar-refractivity contribution >= 4 is 17.5 Å². The summed E-state index contributed by atoms with van der Waals surface area (Å²) >= 11 is 0. The molecular weight excluding hydrogens is 230 g/mol. The minimum absolute atomic E-state index is 0.480. The maximum Gasteiger partial charge on any atom is 0.244 e. The molecule has 0 bridgehead atoms. The van der Waals surface area contributed by atoms with Gasteiger partial charge in [0.15, 0.2) is 5.82 Å². The van der Waals surface area contributed by atoms with E-state index in [2.05, 4.69) is 25.8 Å². The van der Waals surface area contributed by atoms with Crippen LogP contribution in [0.1, 0.15) is 0 Å². The average molecular weight is 245 g/mol. The first-order valence-corrected chi connectivity index (χ1v) is 5.63. The molecule has 0 unspecified atom stereocenters. The molecule has 1 heterocycles. The number of hydrogen-bond donors (Lipinski definition) is 2. The van der Waals surface area contributed by atoms with E-state index in [1.807, 2.05) is 30.3 Å². The lowest BCUT2D eigenvalue weighted by Crippen LogP contribution is -2.11. The molecule has 0 spiro atoms. The number of methoxy groups -OCH3 is 1. The topological polar surface area (TPSA) is 72.0 Å². The Morgan fingerprint density at radius 2 is 2.06 bits per heavy atom. The fourth-order valence-corrected chi connectivity index (χ4v) is 1.37. The summed E-state index contributed by atoms with van der Waals surface area (Å²) in [6.07, 6.45) is 1.58. The SMILES string of the molecule is COCCNc1nncc(Nc2ccccc2)n1. The largest absolute Gasteiger partial charge is 0.383 e. The molecule has 0 saturated carbocycles. The molecule has 18 heavy (non-hydrogen) atoms. The number of nitrogens with one attached hydrogen (secondary N) is 2. The summed E-state index contributed by atoms with van der Waals surface area (Å²) in [5.41, 5.74) is 0.959. The van der Waals surface area contributed by atoms with Gasteiger partial charge in [0.05, 0.1) is 12.8 Å². The zero-order valence-corrected chi connectivity index (χ0v) is 10.1. The molecule has 0 fully saturated rings. The number of ether oxygens (including phenoxy) is 1. The first-order valence-electron chi connectivity index (χ1n) is 5.63. The van der Waals surface area contributed by atoms with Crippen molar-refractivity contribution in [2.45, 2.75) is 0 Å². The molecule has 0 aliphatic heterocycles. The van der Waals surface area contributed by atoms with Crippen molar-refractivity contribution in [1.29, 1.82) is 0 Å². The molecule has 0 aliphatic carbocycles. The lowest BCUT2D eigenvalue weighted by atomic mass is 10.3. The maximum absolute atomic E-state index is 4.94. The second-order valence-electron chi connectivity index (χ2n) is 3.58. The van der Waals surface area contributed by atoms with E-state index in [9.17, 15) is 0 Å². The van der Waals surface area contributed by atoms with Crippen molar-refractivity contribution < 1.29 is 4.74 Å². The van der Waals surface area contributed by atoms with Crippen LogP contribution in [0.3, 0.4) is 0 Å². The second-order valence-corrected chi connectivity index (χ2v) is 3.58. The highest BCUT2D eigenvalue weighted by Crippen LogP contribution is 2.13. The van der Waals surface area contributed by atoms with Gasteiger partial charge in [-0.3, -0.25) is 0 Å². The number of para-hydroxylation sites is 1. The van der Waals surface area contributed by atoms with E-state index in [1.165, 1.54) is 0 Å². The Morgan fingerprint density at radius 3 is 2.83 bits per heavy atom. The second kappa shape index (κ2) is 6.51. The fourth-order valence-electron chi connectivity index (χ4n) is 1.37. The molecular formula is C12H15N5O. The molecule has 0 atom stereocenters. The summed E-state index contributed by atoms with van der Waals surface area (Å²) in [6.45, 7) is 1.24. The normalized spacial score (nSPS) is 10.1. The van der Waals surface area contributed by atoms with Crippen LogP contribution in [0, 0.1) is 0 Å². The highest BCUT2D eigenvalue weighted by molar-refractivity contribution is 5.55. The van der Waals surface area contributed by atoms with Gasteiger partial charge in [-0.25, -0.2) is 0 Å². The number of aromatic nitrogens is 3. The Balaban J connectivity index is 1.99. The highest BCUT2D eigenvalue weighted by Gasteiger charge is 2.00. The van der Waals surface area contributed by atoms with E-state index in [1.54, 1.807) is 13.3 Å². The number of rotatable bonds is 6. The number of hydrogen-bond acceptors (Lipinski definition) is 6. The van der Waals surface area contributed by atoms with E-state index in [0.717, 1.165) is 5.69 Å². The molecule has 2 rings (SSSR count). The van der Waals surface area contributed by atoms with Crippen LogP contribution in [-0.2, 0) is 4.74 Å². The van der Waals surface area contributed by atoms with Crippen molar-refractivity contribution in [2.75, 3.05) is 30.9 Å². The number of anilines is 3. The molecule has 0 radical (unpaired) electrons. The third-order valence-corrected chi connectivity index (χ3v) is 2.19. The quantitative estimate of drug-likeness (QED) is 0.754. The summed E-state index contributed by atoms with van der Waals surface area (Å²) in [5.74, 6) is 1.13. The van der Waals surface area contributed by atoms with Gasteiger partial charge in [-0.1, -0.05) is 18.2 Å². The lowest BCUT2D eigenvalue weighted by molar-refractivity contribution is 0.210. The van der Waals surface area contributed by atoms with Crippen molar-refractivity contribution in [1.82, 2.24) is 15.2 Å². The summed E-state index contributed by atoms with van der Waals surface area (Å²) in [5, 5.41) is 13.9. The van der Waals surface area contributed by atoms with Gasteiger partial charge in [0.1, 0.15) is 0 Å². The first kappa shape index (κ1) is 12.3. The number of benzene rings is 1. The third kappa shape index (κ3) is 3.67. The fraction of sp³-hybridized carbons (Fsp3) is 0.250. The molecule has 2 aromatic rings. The van der Waals surface area contributed by atoms with Crippen molar-refractivity contribution in [3.63, 3.8) is 0 Å². The summed E-state index contributed by atoms with van der Waals surface area (Å²) < 4.78 is 4.94. The Labute approximate surface area is 105 Å². The maximum atomic E-state index is 4.94. The first-order chi connectivity index (χ1) is 8.88. The molecule has 0 saturated heterocycles. The van der Waals surface area contributed by atoms with Crippen molar-refractivity contribution in [3.05, 3.63) is 36.5 Å². The minimum Gasteiger partial charge on any atom is -0.383 e. The van der Waals surface area contributed by atoms with Crippen molar-refractivity contribution in [3.8, 4) is 0 Å². The minimum atomic E-state index is 0.480. The van der Waals surface area contributed by atoms with Gasteiger partial charge in [-0.15, -0.1) is 5.10 Å². The predicted molar refractivity (Wildman–Crippen MR) is 69.9 cm³/mol. The molecule has 1 aromatic heterocycles. The average Bonchev–Trinajstić information content (AvgIpc) is 2.41. The summed E-state index contributed by atoms with van der Waals surface area (Å²) in [6, 6.07) is 9.78. The smallest absolute Gasteiger partial charge is 0.244 e. The molecule has 0 aliphatic rings. The Hall–Kier alpha value is -2.21. The Morgan fingerprint density at radius 1 is 1.22 bits per heavy atom. The van der Waals surface area contributed by atoms with Crippen LogP contribution < -0.4 is 10.6 Å². The zero-order chi connectivity index (χ0) is 12.6. The third-order valence-electron chi connectivity index (χ3n) is 2.19. The van der Waals surface area contributed by atoms with Gasteiger partial charge >= 0.3 is 0 Å².